The molecule has 0 saturated heterocycles. The molecule has 0 unspecified atom stereocenters. The van der Waals surface area contributed by atoms with Gasteiger partial charge in [0.15, 0.2) is 0 Å². The van der Waals surface area contributed by atoms with Crippen LogP contribution in [0, 0.1) is 0 Å². The number of halogens is 1. The molecule has 11 nitrogen and oxygen atoms in total. The molecule has 3 aromatic rings. The van der Waals surface area contributed by atoms with Crippen LogP contribution < -0.4 is 0 Å². The third kappa shape index (κ3) is 8.40. The number of benzene rings is 1. The molecule has 0 spiro atoms. The van der Waals surface area contributed by atoms with E-state index in [1.54, 1.807) is 45.0 Å². The zero-order chi connectivity index (χ0) is 28.8. The van der Waals surface area contributed by atoms with Crippen LogP contribution in [-0.2, 0) is 37.5 Å². The molecule has 2 amide bonds. The van der Waals surface area contributed by atoms with Crippen molar-refractivity contribution in [2.45, 2.75) is 51.3 Å². The van der Waals surface area contributed by atoms with Gasteiger partial charge in [-0.3, -0.25) is 9.78 Å². The molecule has 39 heavy (non-hydrogen) atoms. The molecule has 206 valence electrons. The maximum atomic E-state index is 13.5. The predicted octanol–water partition coefficient (Wildman–Crippen LogP) is 4.49. The van der Waals surface area contributed by atoms with Gasteiger partial charge in [0.25, 0.3) is 0 Å². The lowest BCUT2D eigenvalue weighted by Crippen LogP contribution is -2.42. The number of hydroxylamine groups is 2. The number of rotatable bonds is 7. The fourth-order valence-corrected chi connectivity index (χ4v) is 4.86. The van der Waals surface area contributed by atoms with Gasteiger partial charge in [0, 0.05) is 30.3 Å². The number of sulfonamides is 1. The van der Waals surface area contributed by atoms with E-state index in [9.17, 15) is 22.8 Å². The molecule has 1 aromatic carbocycles. The van der Waals surface area contributed by atoms with Gasteiger partial charge in [-0.2, -0.15) is 4.31 Å². The number of imide groups is 1. The van der Waals surface area contributed by atoms with Crippen LogP contribution in [0.3, 0.4) is 0 Å². The molecule has 0 N–H and O–H groups in total. The number of pyridine rings is 2. The third-order valence-corrected chi connectivity index (χ3v) is 7.18. The SMILES string of the molecule is CC(=O)ON(C(=O)OC(C)(C)C)C(=O)c1cccc(CN(Cc2ccc(Br)cc2)S(=O)(=O)c2cccnc2)n1. The normalized spacial score (nSPS) is 11.6. The van der Waals surface area contributed by atoms with E-state index in [4.69, 9.17) is 9.57 Å². The predicted molar refractivity (Wildman–Crippen MR) is 143 cm³/mol. The van der Waals surface area contributed by atoms with E-state index in [-0.39, 0.29) is 34.4 Å². The number of aromatic nitrogens is 2. The molecule has 2 aromatic heterocycles. The zero-order valence-electron chi connectivity index (χ0n) is 21.7. The van der Waals surface area contributed by atoms with Crippen molar-refractivity contribution < 1.29 is 32.4 Å². The summed E-state index contributed by atoms with van der Waals surface area (Å²) in [6.45, 7) is 5.57. The van der Waals surface area contributed by atoms with E-state index in [0.29, 0.717) is 5.56 Å². The lowest BCUT2D eigenvalue weighted by molar-refractivity contribution is -0.171. The lowest BCUT2D eigenvalue weighted by Gasteiger charge is -2.24. The lowest BCUT2D eigenvalue weighted by atomic mass is 10.2. The Labute approximate surface area is 234 Å². The highest BCUT2D eigenvalue weighted by Gasteiger charge is 2.33. The number of hydrogen-bond acceptors (Lipinski definition) is 9. The van der Waals surface area contributed by atoms with Crippen LogP contribution >= 0.6 is 15.9 Å². The van der Waals surface area contributed by atoms with E-state index in [1.165, 1.54) is 47.0 Å². The van der Waals surface area contributed by atoms with E-state index >= 15 is 0 Å². The average molecular weight is 619 g/mol. The Morgan fingerprint density at radius 1 is 0.974 bits per heavy atom. The minimum absolute atomic E-state index is 0.00183. The number of nitrogens with zero attached hydrogens (tertiary/aromatic N) is 4. The Bertz CT molecular complexity index is 1440. The van der Waals surface area contributed by atoms with Crippen LogP contribution in [0.15, 0.2) is 76.4 Å². The van der Waals surface area contributed by atoms with Gasteiger partial charge in [-0.15, -0.1) is 0 Å². The number of carbonyl (C=O) groups excluding carboxylic acids is 3. The standard InChI is InChI=1S/C26H27BrN4O7S/c1-18(32)38-31(25(34)37-26(2,3)4)24(33)23-9-5-7-21(29-23)17-30(16-19-10-12-20(27)13-11-19)39(35,36)22-8-6-14-28-15-22/h5-15H,16-17H2,1-4H3. The Morgan fingerprint density at radius 2 is 1.67 bits per heavy atom. The Hall–Kier alpha value is -3.68. The maximum absolute atomic E-state index is 13.5. The van der Waals surface area contributed by atoms with Crippen LogP contribution in [0.4, 0.5) is 4.79 Å². The highest BCUT2D eigenvalue weighted by atomic mass is 79.9. The van der Waals surface area contributed by atoms with E-state index in [2.05, 4.69) is 25.9 Å². The minimum atomic E-state index is -4.03. The van der Waals surface area contributed by atoms with Gasteiger partial charge in [-0.25, -0.2) is 23.0 Å². The van der Waals surface area contributed by atoms with Crippen LogP contribution in [0.25, 0.3) is 0 Å². The second-order valence-electron chi connectivity index (χ2n) is 9.27. The topological polar surface area (TPSA) is 136 Å². The van der Waals surface area contributed by atoms with Crippen molar-refractivity contribution in [1.29, 1.82) is 0 Å². The summed E-state index contributed by atoms with van der Waals surface area (Å²) in [5, 5.41) is 0.186. The first-order valence-electron chi connectivity index (χ1n) is 11.6. The second-order valence-corrected chi connectivity index (χ2v) is 12.1. The zero-order valence-corrected chi connectivity index (χ0v) is 24.1. The van der Waals surface area contributed by atoms with Crippen molar-refractivity contribution in [3.63, 3.8) is 0 Å². The largest absolute Gasteiger partial charge is 0.451 e. The summed E-state index contributed by atoms with van der Waals surface area (Å²) >= 11 is 3.37. The fraction of sp³-hybridized carbons (Fsp3) is 0.269. The molecule has 0 radical (unpaired) electrons. The second kappa shape index (κ2) is 12.5. The van der Waals surface area contributed by atoms with E-state index < -0.39 is 33.6 Å². The van der Waals surface area contributed by atoms with Gasteiger partial charge in [0.1, 0.15) is 16.2 Å². The van der Waals surface area contributed by atoms with Gasteiger partial charge >= 0.3 is 18.0 Å². The molecule has 0 saturated carbocycles. The van der Waals surface area contributed by atoms with Crippen LogP contribution in [0.1, 0.15) is 49.4 Å². The molecule has 0 aliphatic rings. The molecule has 0 atom stereocenters. The fourth-order valence-electron chi connectivity index (χ4n) is 3.23. The van der Waals surface area contributed by atoms with Crippen LogP contribution in [0.2, 0.25) is 0 Å². The van der Waals surface area contributed by atoms with Crippen molar-refractivity contribution in [2.75, 3.05) is 0 Å². The van der Waals surface area contributed by atoms with Gasteiger partial charge < -0.3 is 9.57 Å². The summed E-state index contributed by atoms with van der Waals surface area (Å²) < 4.78 is 34.3. The first-order chi connectivity index (χ1) is 18.3. The summed E-state index contributed by atoms with van der Waals surface area (Å²) in [5.74, 6) is -1.98. The van der Waals surface area contributed by atoms with Crippen LogP contribution in [0.5, 0.6) is 0 Å². The third-order valence-electron chi connectivity index (χ3n) is 4.87. The van der Waals surface area contributed by atoms with Crippen molar-refractivity contribution in [3.8, 4) is 0 Å². The average Bonchev–Trinajstić information content (AvgIpc) is 2.87. The molecule has 0 aliphatic carbocycles. The summed E-state index contributed by atoms with van der Waals surface area (Å²) in [4.78, 5) is 50.3. The Morgan fingerprint density at radius 3 is 2.26 bits per heavy atom. The molecule has 0 aliphatic heterocycles. The van der Waals surface area contributed by atoms with Crippen molar-refractivity contribution in [2.24, 2.45) is 0 Å². The van der Waals surface area contributed by atoms with Gasteiger partial charge in [-0.1, -0.05) is 39.2 Å². The number of carbonyl (C=O) groups is 3. The summed E-state index contributed by atoms with van der Waals surface area (Å²) in [6.07, 6.45) is 1.51. The maximum Gasteiger partial charge on any atom is 0.451 e. The summed E-state index contributed by atoms with van der Waals surface area (Å²) in [5.41, 5.74) is -0.317. The van der Waals surface area contributed by atoms with Gasteiger partial charge in [-0.05, 0) is 62.7 Å². The monoisotopic (exact) mass is 618 g/mol. The molecular formula is C26H27BrN4O7S. The van der Waals surface area contributed by atoms with Crippen molar-refractivity contribution in [3.05, 3.63) is 88.4 Å². The highest BCUT2D eigenvalue weighted by Crippen LogP contribution is 2.22. The van der Waals surface area contributed by atoms with Crippen LogP contribution in [-0.4, -0.2) is 51.3 Å². The molecule has 3 rings (SSSR count). The molecule has 2 heterocycles. The molecule has 13 heteroatoms. The molecule has 0 bridgehead atoms. The summed E-state index contributed by atoms with van der Waals surface area (Å²) in [6, 6.07) is 14.4. The molecule has 0 fully saturated rings. The van der Waals surface area contributed by atoms with E-state index in [0.717, 1.165) is 11.4 Å². The number of amides is 2. The Balaban J connectivity index is 1.95. The first kappa shape index (κ1) is 29.9. The highest BCUT2D eigenvalue weighted by molar-refractivity contribution is 9.10. The minimum Gasteiger partial charge on any atom is -0.441 e. The first-order valence-corrected chi connectivity index (χ1v) is 13.9. The van der Waals surface area contributed by atoms with Gasteiger partial charge in [0.05, 0.1) is 12.2 Å². The summed E-state index contributed by atoms with van der Waals surface area (Å²) in [7, 11) is -4.03. The number of hydrogen-bond donors (Lipinski definition) is 0. The smallest absolute Gasteiger partial charge is 0.441 e. The number of ether oxygens (including phenoxy) is 1. The van der Waals surface area contributed by atoms with Gasteiger partial charge in [0.2, 0.25) is 10.0 Å². The van der Waals surface area contributed by atoms with E-state index in [1.807, 2.05) is 0 Å². The Kier molecular flexibility index (Phi) is 9.54. The quantitative estimate of drug-likeness (QED) is 0.351. The van der Waals surface area contributed by atoms with Crippen molar-refractivity contribution in [1.82, 2.24) is 19.3 Å². The van der Waals surface area contributed by atoms with Crippen molar-refractivity contribution >= 4 is 43.9 Å². The molecular weight excluding hydrogens is 592 g/mol.